The van der Waals surface area contributed by atoms with Crippen molar-refractivity contribution in [1.82, 2.24) is 24.8 Å². The van der Waals surface area contributed by atoms with E-state index in [0.29, 0.717) is 17.4 Å². The summed E-state index contributed by atoms with van der Waals surface area (Å²) in [6.07, 6.45) is 2.64. The highest BCUT2D eigenvalue weighted by Crippen LogP contribution is 2.31. The van der Waals surface area contributed by atoms with Crippen LogP contribution in [0.4, 0.5) is 23.1 Å². The molecule has 1 aliphatic heterocycles. The third kappa shape index (κ3) is 5.34. The van der Waals surface area contributed by atoms with E-state index in [1.54, 1.807) is 18.2 Å². The number of nitrogens with zero attached hydrogens (tertiary/aromatic N) is 5. The third-order valence-electron chi connectivity index (χ3n) is 6.15. The number of para-hydroxylation sites is 1. The van der Waals surface area contributed by atoms with Crippen LogP contribution in [0.1, 0.15) is 27.2 Å². The summed E-state index contributed by atoms with van der Waals surface area (Å²) in [5, 5.41) is 7.81. The molecule has 0 radical (unpaired) electrons. The summed E-state index contributed by atoms with van der Waals surface area (Å²) in [5.41, 5.74) is 8.19. The van der Waals surface area contributed by atoms with Gasteiger partial charge in [0, 0.05) is 42.2 Å². The molecule has 1 atom stereocenters. The highest BCUT2D eigenvalue weighted by molar-refractivity contribution is 6.37. The van der Waals surface area contributed by atoms with Gasteiger partial charge in [0.25, 0.3) is 0 Å². The van der Waals surface area contributed by atoms with Crippen molar-refractivity contribution in [2.45, 2.75) is 38.8 Å². The van der Waals surface area contributed by atoms with Crippen molar-refractivity contribution >= 4 is 57.4 Å². The summed E-state index contributed by atoms with van der Waals surface area (Å²) in [6.45, 7) is 8.57. The molecule has 1 saturated heterocycles. The van der Waals surface area contributed by atoms with E-state index in [1.807, 2.05) is 12.1 Å². The highest BCUT2D eigenvalue weighted by atomic mass is 35.5. The van der Waals surface area contributed by atoms with Crippen LogP contribution >= 0.6 is 23.2 Å². The topological polar surface area (TPSA) is 114 Å². The van der Waals surface area contributed by atoms with Crippen LogP contribution in [0.15, 0.2) is 53.5 Å². The third-order valence-corrected chi connectivity index (χ3v) is 6.76. The maximum Gasteiger partial charge on any atom is 0.355 e. The molecule has 1 unspecified atom stereocenters. The average Bonchev–Trinajstić information content (AvgIpc) is 3.28. The molecule has 1 fully saturated rings. The van der Waals surface area contributed by atoms with E-state index in [0.717, 1.165) is 30.9 Å². The predicted molar refractivity (Wildman–Crippen MR) is 151 cm³/mol. The van der Waals surface area contributed by atoms with Gasteiger partial charge in [0.05, 0.1) is 21.1 Å². The fourth-order valence-electron chi connectivity index (χ4n) is 4.59. The molecular formula is C26H28Cl2N8O. The number of nitrogens with one attached hydrogen (secondary N) is 2. The summed E-state index contributed by atoms with van der Waals surface area (Å²) in [6, 6.07) is 13.5. The Labute approximate surface area is 224 Å². The first-order chi connectivity index (χ1) is 17.6. The molecule has 2 aromatic carbocycles. The molecule has 11 heteroatoms. The minimum Gasteiger partial charge on any atom is -0.384 e. The van der Waals surface area contributed by atoms with Crippen molar-refractivity contribution in [3.05, 3.63) is 69.2 Å². The smallest absolute Gasteiger partial charge is 0.355 e. The molecule has 0 spiro atoms. The van der Waals surface area contributed by atoms with Crippen LogP contribution in [-0.4, -0.2) is 44.2 Å². The van der Waals surface area contributed by atoms with Crippen LogP contribution < -0.4 is 27.0 Å². The Bertz CT molecular complexity index is 1490. The molecule has 3 heterocycles. The second kappa shape index (κ2) is 9.81. The number of hydrogen-bond donors (Lipinski definition) is 3. The number of hydrogen-bond acceptors (Lipinski definition) is 8. The van der Waals surface area contributed by atoms with Crippen LogP contribution in [0.5, 0.6) is 0 Å². The van der Waals surface area contributed by atoms with E-state index in [1.165, 1.54) is 10.8 Å². The Morgan fingerprint density at radius 3 is 2.43 bits per heavy atom. The monoisotopic (exact) mass is 538 g/mol. The summed E-state index contributed by atoms with van der Waals surface area (Å²) < 4.78 is 1.17. The Kier molecular flexibility index (Phi) is 6.70. The zero-order valence-corrected chi connectivity index (χ0v) is 22.3. The normalized spacial score (nSPS) is 15.9. The zero-order chi connectivity index (χ0) is 26.3. The van der Waals surface area contributed by atoms with Gasteiger partial charge < -0.3 is 21.3 Å². The Morgan fingerprint density at radius 2 is 1.76 bits per heavy atom. The van der Waals surface area contributed by atoms with Gasteiger partial charge in [-0.25, -0.2) is 14.3 Å². The van der Waals surface area contributed by atoms with Crippen molar-refractivity contribution < 1.29 is 0 Å². The lowest BCUT2D eigenvalue weighted by atomic mass is 10.1. The number of aromatic nitrogens is 4. The lowest BCUT2D eigenvalue weighted by molar-refractivity contribution is 0.373. The van der Waals surface area contributed by atoms with E-state index >= 15 is 0 Å². The minimum absolute atomic E-state index is 0.0998. The quantitative estimate of drug-likeness (QED) is 0.332. The fraction of sp³-hybridized carbons (Fsp3) is 0.308. The molecule has 1 aliphatic rings. The first-order valence-corrected chi connectivity index (χ1v) is 12.7. The van der Waals surface area contributed by atoms with E-state index in [9.17, 15) is 4.79 Å². The molecule has 9 nitrogen and oxygen atoms in total. The second-order valence-corrected chi connectivity index (χ2v) is 10.9. The first-order valence-electron chi connectivity index (χ1n) is 12.0. The van der Waals surface area contributed by atoms with Crippen LogP contribution in [0.2, 0.25) is 10.0 Å². The minimum atomic E-state index is -0.640. The van der Waals surface area contributed by atoms with E-state index in [2.05, 4.69) is 63.4 Å². The van der Waals surface area contributed by atoms with E-state index in [-0.39, 0.29) is 32.7 Å². The van der Waals surface area contributed by atoms with Gasteiger partial charge in [-0.05, 0) is 63.6 Å². The number of rotatable bonds is 5. The summed E-state index contributed by atoms with van der Waals surface area (Å²) in [5.74, 6) is 0.404. The van der Waals surface area contributed by atoms with Crippen LogP contribution in [0.3, 0.4) is 0 Å². The number of nitrogens with two attached hydrogens (primary N) is 1. The Morgan fingerprint density at radius 1 is 1.05 bits per heavy atom. The summed E-state index contributed by atoms with van der Waals surface area (Å²) >= 11 is 12.6. The molecule has 0 saturated carbocycles. The lowest BCUT2D eigenvalue weighted by Crippen LogP contribution is -2.44. The number of fused-ring (bicyclic) bond motifs is 1. The lowest BCUT2D eigenvalue weighted by Gasteiger charge is -2.26. The highest BCUT2D eigenvalue weighted by Gasteiger charge is 2.26. The molecule has 37 heavy (non-hydrogen) atoms. The van der Waals surface area contributed by atoms with Crippen molar-refractivity contribution in [3.8, 4) is 5.69 Å². The van der Waals surface area contributed by atoms with Crippen molar-refractivity contribution in [2.24, 2.45) is 0 Å². The Balaban J connectivity index is 1.35. The van der Waals surface area contributed by atoms with Crippen molar-refractivity contribution in [2.75, 3.05) is 29.0 Å². The second-order valence-electron chi connectivity index (χ2n) is 10.1. The number of benzene rings is 2. The maximum atomic E-state index is 12.9. The molecule has 4 N–H and O–H groups in total. The van der Waals surface area contributed by atoms with Gasteiger partial charge in [0.1, 0.15) is 5.82 Å². The largest absolute Gasteiger partial charge is 0.384 e. The number of halogens is 2. The van der Waals surface area contributed by atoms with E-state index < -0.39 is 5.69 Å². The Hall–Kier alpha value is -3.40. The standard InChI is InChI=1S/C26H28Cl2N8O/c1-26(2,3)34-16-11-12-35(14-16)17-9-7-15(8-10-17)31-24-30-13-18-22(29)36(25(37)33-23(18)32-24)21-19(27)5-4-6-20(21)28/h4-10,13,16,34H,11-12,14,29H2,1-3H3,(H,31,32,33,37). The van der Waals surface area contributed by atoms with Crippen molar-refractivity contribution in [3.63, 3.8) is 0 Å². The molecule has 0 amide bonds. The number of nitrogen functional groups attached to an aromatic ring is 1. The first kappa shape index (κ1) is 25.3. The zero-order valence-electron chi connectivity index (χ0n) is 20.8. The maximum absolute atomic E-state index is 12.9. The van der Waals surface area contributed by atoms with Gasteiger partial charge in [-0.2, -0.15) is 9.97 Å². The molecular weight excluding hydrogens is 511 g/mol. The van der Waals surface area contributed by atoms with Crippen LogP contribution in [0.25, 0.3) is 16.7 Å². The fourth-order valence-corrected chi connectivity index (χ4v) is 5.16. The molecule has 0 bridgehead atoms. The average molecular weight is 539 g/mol. The summed E-state index contributed by atoms with van der Waals surface area (Å²) in [4.78, 5) is 28.1. The molecule has 0 aliphatic carbocycles. The molecule has 5 rings (SSSR count). The summed E-state index contributed by atoms with van der Waals surface area (Å²) in [7, 11) is 0. The van der Waals surface area contributed by atoms with Gasteiger partial charge in [0.2, 0.25) is 5.95 Å². The molecule has 2 aromatic heterocycles. The van der Waals surface area contributed by atoms with Crippen LogP contribution in [0, 0.1) is 0 Å². The van der Waals surface area contributed by atoms with Gasteiger partial charge in [-0.1, -0.05) is 29.3 Å². The van der Waals surface area contributed by atoms with Crippen LogP contribution in [-0.2, 0) is 0 Å². The molecule has 4 aromatic rings. The number of anilines is 4. The molecule has 192 valence electrons. The van der Waals surface area contributed by atoms with Crippen molar-refractivity contribution in [1.29, 1.82) is 0 Å². The van der Waals surface area contributed by atoms with Gasteiger partial charge in [-0.15, -0.1) is 0 Å². The van der Waals surface area contributed by atoms with Gasteiger partial charge >= 0.3 is 5.69 Å². The van der Waals surface area contributed by atoms with Gasteiger partial charge in [0.15, 0.2) is 5.65 Å². The van der Waals surface area contributed by atoms with Gasteiger partial charge in [-0.3, -0.25) is 0 Å². The van der Waals surface area contributed by atoms with E-state index in [4.69, 9.17) is 28.9 Å². The predicted octanol–water partition coefficient (Wildman–Crippen LogP) is 4.78. The SMILES string of the molecule is CC(C)(C)NC1CCN(c2ccc(Nc3ncc4c(N)n(-c5c(Cl)cccc5Cl)c(=O)nc4n3)cc2)C1.